The van der Waals surface area contributed by atoms with Crippen molar-refractivity contribution in [3.05, 3.63) is 28.8 Å². The van der Waals surface area contributed by atoms with Gasteiger partial charge in [0, 0.05) is 6.08 Å². The highest BCUT2D eigenvalue weighted by atomic mass is 35.5. The van der Waals surface area contributed by atoms with Gasteiger partial charge in [-0.25, -0.2) is 13.1 Å². The monoisotopic (exact) mass is 385 g/mol. The van der Waals surface area contributed by atoms with Gasteiger partial charge in [0.2, 0.25) is 10.0 Å². The zero-order valence-corrected chi connectivity index (χ0v) is 15.2. The second kappa shape index (κ2) is 7.66. The molecule has 0 aromatic heterocycles. The Bertz CT molecular complexity index is 784. The molecule has 3 rings (SSSR count). The Hall–Kier alpha value is -1.73. The van der Waals surface area contributed by atoms with E-state index in [0.29, 0.717) is 48.1 Å². The Balaban J connectivity index is 1.67. The number of carbonyl (C=O) groups excluding carboxylic acids is 1. The molecule has 0 bridgehead atoms. The maximum atomic E-state index is 12.2. The quantitative estimate of drug-likeness (QED) is 0.806. The van der Waals surface area contributed by atoms with Crippen molar-refractivity contribution in [3.63, 3.8) is 0 Å². The van der Waals surface area contributed by atoms with E-state index in [0.717, 1.165) is 19.3 Å². The standard InChI is InChI=1S/C17H20ClNO5S/c18-14-10-12(11-15-17(14)24-9-8-23-15)6-7-16(20)19-25(21,22)13-4-2-1-3-5-13/h6-7,10-11,13H,1-5,8-9H2,(H,19,20). The second-order valence-corrected chi connectivity index (χ2v) is 8.50. The van der Waals surface area contributed by atoms with Crippen molar-refractivity contribution in [1.82, 2.24) is 4.72 Å². The van der Waals surface area contributed by atoms with Gasteiger partial charge >= 0.3 is 0 Å². The Morgan fingerprint density at radius 1 is 1.16 bits per heavy atom. The highest BCUT2D eigenvalue weighted by Gasteiger charge is 2.28. The van der Waals surface area contributed by atoms with Crippen LogP contribution in [0.3, 0.4) is 0 Å². The van der Waals surface area contributed by atoms with Gasteiger partial charge in [-0.2, -0.15) is 0 Å². The average molecular weight is 386 g/mol. The summed E-state index contributed by atoms with van der Waals surface area (Å²) >= 11 is 6.14. The van der Waals surface area contributed by atoms with E-state index in [-0.39, 0.29) is 0 Å². The minimum absolute atomic E-state index is 0.382. The molecule has 0 unspecified atom stereocenters. The van der Waals surface area contributed by atoms with E-state index < -0.39 is 21.2 Å². The van der Waals surface area contributed by atoms with Crippen LogP contribution in [0.15, 0.2) is 18.2 Å². The second-order valence-electron chi connectivity index (χ2n) is 6.13. The van der Waals surface area contributed by atoms with Crippen LogP contribution in [-0.2, 0) is 14.8 Å². The molecule has 0 spiro atoms. The fourth-order valence-corrected chi connectivity index (χ4v) is 4.77. The number of amides is 1. The van der Waals surface area contributed by atoms with Crippen LogP contribution < -0.4 is 14.2 Å². The summed E-state index contributed by atoms with van der Waals surface area (Å²) in [6, 6.07) is 3.33. The highest BCUT2D eigenvalue weighted by molar-refractivity contribution is 7.90. The lowest BCUT2D eigenvalue weighted by atomic mass is 10.0. The van der Waals surface area contributed by atoms with Crippen LogP contribution in [0.4, 0.5) is 0 Å². The Kier molecular flexibility index (Phi) is 5.54. The van der Waals surface area contributed by atoms with Gasteiger partial charge in [0.05, 0.1) is 10.3 Å². The van der Waals surface area contributed by atoms with Crippen molar-refractivity contribution in [2.45, 2.75) is 37.4 Å². The number of halogens is 1. The van der Waals surface area contributed by atoms with Crippen LogP contribution in [0.25, 0.3) is 6.08 Å². The summed E-state index contributed by atoms with van der Waals surface area (Å²) in [6.07, 6.45) is 6.69. The van der Waals surface area contributed by atoms with Gasteiger partial charge in [0.15, 0.2) is 11.5 Å². The zero-order chi connectivity index (χ0) is 17.9. The molecular formula is C17H20ClNO5S. The van der Waals surface area contributed by atoms with Crippen LogP contribution in [0, 0.1) is 0 Å². The predicted octanol–water partition coefficient (Wildman–Crippen LogP) is 2.90. The van der Waals surface area contributed by atoms with Gasteiger partial charge in [-0.05, 0) is 36.6 Å². The minimum Gasteiger partial charge on any atom is -0.486 e. The smallest absolute Gasteiger partial charge is 0.257 e. The number of carbonyl (C=O) groups is 1. The van der Waals surface area contributed by atoms with E-state index in [1.807, 2.05) is 0 Å². The summed E-state index contributed by atoms with van der Waals surface area (Å²) in [7, 11) is -3.63. The molecule has 1 heterocycles. The summed E-state index contributed by atoms with van der Waals surface area (Å²) in [4.78, 5) is 12.0. The van der Waals surface area contributed by atoms with Crippen molar-refractivity contribution in [1.29, 1.82) is 0 Å². The van der Waals surface area contributed by atoms with Crippen LogP contribution in [0.2, 0.25) is 5.02 Å². The van der Waals surface area contributed by atoms with E-state index in [4.69, 9.17) is 21.1 Å². The Morgan fingerprint density at radius 2 is 1.88 bits per heavy atom. The molecule has 1 fully saturated rings. The van der Waals surface area contributed by atoms with Gasteiger partial charge in [-0.1, -0.05) is 30.9 Å². The van der Waals surface area contributed by atoms with Crippen molar-refractivity contribution in [2.75, 3.05) is 13.2 Å². The molecule has 8 heteroatoms. The molecule has 1 N–H and O–H groups in total. The third-order valence-electron chi connectivity index (χ3n) is 4.28. The minimum atomic E-state index is -3.63. The number of benzene rings is 1. The SMILES string of the molecule is O=C(C=Cc1cc(Cl)c2c(c1)OCCO2)NS(=O)(=O)C1CCCCC1. The molecule has 1 saturated carbocycles. The molecule has 1 aromatic rings. The number of rotatable bonds is 4. The van der Waals surface area contributed by atoms with Gasteiger partial charge in [0.1, 0.15) is 13.2 Å². The molecule has 1 amide bonds. The Morgan fingerprint density at radius 3 is 2.64 bits per heavy atom. The van der Waals surface area contributed by atoms with E-state index in [2.05, 4.69) is 4.72 Å². The normalized spacial score (nSPS) is 18.3. The van der Waals surface area contributed by atoms with Crippen LogP contribution in [0.5, 0.6) is 11.5 Å². The molecule has 0 saturated heterocycles. The van der Waals surface area contributed by atoms with Crippen molar-refractivity contribution in [3.8, 4) is 11.5 Å². The van der Waals surface area contributed by atoms with Gasteiger partial charge in [-0.3, -0.25) is 4.79 Å². The van der Waals surface area contributed by atoms with Gasteiger partial charge in [0.25, 0.3) is 5.91 Å². The highest BCUT2D eigenvalue weighted by Crippen LogP contribution is 2.38. The Labute approximate surface area is 152 Å². The zero-order valence-electron chi connectivity index (χ0n) is 13.7. The number of nitrogens with one attached hydrogen (secondary N) is 1. The van der Waals surface area contributed by atoms with E-state index in [1.54, 1.807) is 12.1 Å². The number of sulfonamides is 1. The topological polar surface area (TPSA) is 81.7 Å². The van der Waals surface area contributed by atoms with E-state index >= 15 is 0 Å². The van der Waals surface area contributed by atoms with Crippen LogP contribution >= 0.6 is 11.6 Å². The molecule has 25 heavy (non-hydrogen) atoms. The largest absolute Gasteiger partial charge is 0.486 e. The number of hydrogen-bond donors (Lipinski definition) is 1. The number of fused-ring (bicyclic) bond motifs is 1. The molecular weight excluding hydrogens is 366 g/mol. The fourth-order valence-electron chi connectivity index (χ4n) is 3.03. The van der Waals surface area contributed by atoms with E-state index in [1.165, 1.54) is 12.2 Å². The maximum Gasteiger partial charge on any atom is 0.257 e. The molecule has 2 aliphatic rings. The molecule has 1 aromatic carbocycles. The first-order chi connectivity index (χ1) is 12.0. The third-order valence-corrected chi connectivity index (χ3v) is 6.40. The molecule has 0 radical (unpaired) electrons. The lowest BCUT2D eigenvalue weighted by Crippen LogP contribution is -2.38. The third kappa shape index (κ3) is 4.46. The van der Waals surface area contributed by atoms with Crippen molar-refractivity contribution >= 4 is 33.6 Å². The summed E-state index contributed by atoms with van der Waals surface area (Å²) in [5.74, 6) is 0.319. The first-order valence-electron chi connectivity index (χ1n) is 8.28. The van der Waals surface area contributed by atoms with Crippen LogP contribution in [0.1, 0.15) is 37.7 Å². The summed E-state index contributed by atoms with van der Waals surface area (Å²) in [5, 5.41) is -0.102. The first-order valence-corrected chi connectivity index (χ1v) is 10.2. The molecule has 6 nitrogen and oxygen atoms in total. The molecule has 1 aliphatic heterocycles. The average Bonchev–Trinajstić information content (AvgIpc) is 2.60. The summed E-state index contributed by atoms with van der Waals surface area (Å²) in [5.41, 5.74) is 0.625. The summed E-state index contributed by atoms with van der Waals surface area (Å²) < 4.78 is 37.5. The molecule has 1 aliphatic carbocycles. The van der Waals surface area contributed by atoms with Crippen LogP contribution in [-0.4, -0.2) is 32.8 Å². The molecule has 136 valence electrons. The molecule has 0 atom stereocenters. The van der Waals surface area contributed by atoms with Gasteiger partial charge < -0.3 is 9.47 Å². The van der Waals surface area contributed by atoms with Crippen molar-refractivity contribution < 1.29 is 22.7 Å². The lowest BCUT2D eigenvalue weighted by molar-refractivity contribution is -0.114. The maximum absolute atomic E-state index is 12.2. The first kappa shape index (κ1) is 18.1. The van der Waals surface area contributed by atoms with Gasteiger partial charge in [-0.15, -0.1) is 0 Å². The van der Waals surface area contributed by atoms with Crippen molar-refractivity contribution in [2.24, 2.45) is 0 Å². The van der Waals surface area contributed by atoms with E-state index in [9.17, 15) is 13.2 Å². The number of hydrogen-bond acceptors (Lipinski definition) is 5. The number of ether oxygens (including phenoxy) is 2. The lowest BCUT2D eigenvalue weighted by Gasteiger charge is -2.21. The predicted molar refractivity (Wildman–Crippen MR) is 95.4 cm³/mol. The fraction of sp³-hybridized carbons (Fsp3) is 0.471. The summed E-state index contributed by atoms with van der Waals surface area (Å²) in [6.45, 7) is 0.861.